The van der Waals surface area contributed by atoms with Crippen molar-refractivity contribution < 1.29 is 14.8 Å². The van der Waals surface area contributed by atoms with Crippen LogP contribution < -0.4 is 0 Å². The first-order chi connectivity index (χ1) is 9.96. The second-order valence-corrected chi connectivity index (χ2v) is 5.05. The van der Waals surface area contributed by atoms with Gasteiger partial charge in [0.15, 0.2) is 0 Å². The Kier molecular flexibility index (Phi) is 6.58. The highest BCUT2D eigenvalue weighted by Gasteiger charge is 2.28. The molecular formula is C14H19ClN2O4. The molecule has 116 valence electrons. The van der Waals surface area contributed by atoms with Gasteiger partial charge in [0.1, 0.15) is 5.56 Å². The summed E-state index contributed by atoms with van der Waals surface area (Å²) in [5.41, 5.74) is -0.328. The smallest absolute Gasteiger partial charge is 0.282 e. The number of nitrogens with zero attached hydrogens (tertiary/aromatic N) is 2. The van der Waals surface area contributed by atoms with Crippen LogP contribution in [0.3, 0.4) is 0 Å². The molecule has 0 saturated carbocycles. The quantitative estimate of drug-likeness (QED) is 0.619. The zero-order chi connectivity index (χ0) is 16.0. The first kappa shape index (κ1) is 17.4. The molecule has 1 aromatic carbocycles. The van der Waals surface area contributed by atoms with E-state index in [0.717, 1.165) is 0 Å². The average Bonchev–Trinajstić information content (AvgIpc) is 2.46. The lowest BCUT2D eigenvalue weighted by Crippen LogP contribution is -2.41. The molecule has 0 aliphatic rings. The standard InChI is InChI=1S/C14H19ClN2O4/c1-3-11(4-2)16(7-8-18)14(19)12-9-10(15)5-6-13(12)17(20)21/h5-6,9,11,18H,3-4,7-8H2,1-2H3. The number of nitro groups is 1. The number of amides is 1. The summed E-state index contributed by atoms with van der Waals surface area (Å²) in [7, 11) is 0. The van der Waals surface area contributed by atoms with Gasteiger partial charge in [0, 0.05) is 23.7 Å². The molecule has 0 bridgehead atoms. The monoisotopic (exact) mass is 314 g/mol. The summed E-state index contributed by atoms with van der Waals surface area (Å²) in [6.45, 7) is 3.79. The van der Waals surface area contributed by atoms with Crippen LogP contribution in [0.1, 0.15) is 37.0 Å². The van der Waals surface area contributed by atoms with E-state index in [1.54, 1.807) is 0 Å². The summed E-state index contributed by atoms with van der Waals surface area (Å²) in [6.07, 6.45) is 1.41. The maximum atomic E-state index is 12.6. The fraction of sp³-hybridized carbons (Fsp3) is 0.500. The number of carbonyl (C=O) groups excluding carboxylic acids is 1. The summed E-state index contributed by atoms with van der Waals surface area (Å²) in [4.78, 5) is 24.6. The summed E-state index contributed by atoms with van der Waals surface area (Å²) in [5.74, 6) is -0.480. The molecule has 0 spiro atoms. The second kappa shape index (κ2) is 7.95. The van der Waals surface area contributed by atoms with E-state index in [-0.39, 0.29) is 35.5 Å². The maximum Gasteiger partial charge on any atom is 0.282 e. The van der Waals surface area contributed by atoms with E-state index in [0.29, 0.717) is 12.8 Å². The Hall–Kier alpha value is -1.66. The van der Waals surface area contributed by atoms with E-state index >= 15 is 0 Å². The number of rotatable bonds is 7. The highest BCUT2D eigenvalue weighted by Crippen LogP contribution is 2.25. The molecule has 1 rings (SSSR count). The molecule has 0 heterocycles. The van der Waals surface area contributed by atoms with E-state index in [4.69, 9.17) is 16.7 Å². The minimum absolute atomic E-state index is 0.0483. The summed E-state index contributed by atoms with van der Waals surface area (Å²) in [6, 6.07) is 3.82. The van der Waals surface area contributed by atoms with E-state index in [9.17, 15) is 14.9 Å². The van der Waals surface area contributed by atoms with Crippen molar-refractivity contribution in [2.45, 2.75) is 32.7 Å². The molecule has 0 saturated heterocycles. The fourth-order valence-corrected chi connectivity index (χ4v) is 2.45. The minimum atomic E-state index is -0.604. The van der Waals surface area contributed by atoms with Gasteiger partial charge in [-0.05, 0) is 25.0 Å². The summed E-state index contributed by atoms with van der Waals surface area (Å²) in [5, 5.41) is 20.5. The normalized spacial score (nSPS) is 10.7. The van der Waals surface area contributed by atoms with Crippen molar-refractivity contribution in [3.63, 3.8) is 0 Å². The van der Waals surface area contributed by atoms with Gasteiger partial charge in [0.2, 0.25) is 0 Å². The third-order valence-electron chi connectivity index (χ3n) is 3.37. The number of nitro benzene ring substituents is 1. The molecule has 0 unspecified atom stereocenters. The summed E-state index contributed by atoms with van der Waals surface area (Å²) < 4.78 is 0. The van der Waals surface area contributed by atoms with Crippen LogP contribution in [0.5, 0.6) is 0 Å². The molecule has 0 fully saturated rings. The number of hydrogen-bond acceptors (Lipinski definition) is 4. The van der Waals surface area contributed by atoms with Gasteiger partial charge in [-0.2, -0.15) is 0 Å². The molecule has 7 heteroatoms. The number of halogens is 1. The third-order valence-corrected chi connectivity index (χ3v) is 3.61. The first-order valence-electron chi connectivity index (χ1n) is 6.81. The Morgan fingerprint density at radius 3 is 2.52 bits per heavy atom. The molecule has 1 N–H and O–H groups in total. The van der Waals surface area contributed by atoms with E-state index < -0.39 is 10.8 Å². The van der Waals surface area contributed by atoms with E-state index in [2.05, 4.69) is 0 Å². The van der Waals surface area contributed by atoms with Gasteiger partial charge in [-0.15, -0.1) is 0 Å². The predicted molar refractivity (Wildman–Crippen MR) is 80.6 cm³/mol. The van der Waals surface area contributed by atoms with Gasteiger partial charge < -0.3 is 10.0 Å². The molecule has 0 aliphatic heterocycles. The second-order valence-electron chi connectivity index (χ2n) is 4.61. The van der Waals surface area contributed by atoms with Gasteiger partial charge >= 0.3 is 0 Å². The minimum Gasteiger partial charge on any atom is -0.395 e. The Balaban J connectivity index is 3.25. The lowest BCUT2D eigenvalue weighted by atomic mass is 10.1. The van der Waals surface area contributed by atoms with Crippen molar-refractivity contribution in [3.05, 3.63) is 38.9 Å². The van der Waals surface area contributed by atoms with Crippen LogP contribution >= 0.6 is 11.6 Å². The van der Waals surface area contributed by atoms with Crippen molar-refractivity contribution in [3.8, 4) is 0 Å². The van der Waals surface area contributed by atoms with Crippen LogP contribution in [-0.4, -0.2) is 40.0 Å². The SMILES string of the molecule is CCC(CC)N(CCO)C(=O)c1cc(Cl)ccc1[N+](=O)[O-]. The number of aliphatic hydroxyl groups is 1. The van der Waals surface area contributed by atoms with Crippen molar-refractivity contribution in [1.29, 1.82) is 0 Å². The van der Waals surface area contributed by atoms with Crippen LogP contribution in [0, 0.1) is 10.1 Å². The average molecular weight is 315 g/mol. The molecule has 0 aliphatic carbocycles. The highest BCUT2D eigenvalue weighted by molar-refractivity contribution is 6.31. The Labute approximate surface area is 128 Å². The van der Waals surface area contributed by atoms with Crippen LogP contribution in [-0.2, 0) is 0 Å². The van der Waals surface area contributed by atoms with Gasteiger partial charge in [0.25, 0.3) is 11.6 Å². The molecule has 1 aromatic rings. The Bertz CT molecular complexity index is 518. The number of carbonyl (C=O) groups is 1. The van der Waals surface area contributed by atoms with Gasteiger partial charge in [-0.3, -0.25) is 14.9 Å². The van der Waals surface area contributed by atoms with Crippen LogP contribution in [0.15, 0.2) is 18.2 Å². The molecule has 0 radical (unpaired) electrons. The lowest BCUT2D eigenvalue weighted by molar-refractivity contribution is -0.385. The topological polar surface area (TPSA) is 83.7 Å². The molecule has 6 nitrogen and oxygen atoms in total. The first-order valence-corrected chi connectivity index (χ1v) is 7.19. The zero-order valence-corrected chi connectivity index (χ0v) is 12.8. The Morgan fingerprint density at radius 1 is 1.43 bits per heavy atom. The zero-order valence-electron chi connectivity index (χ0n) is 12.1. The Morgan fingerprint density at radius 2 is 2.05 bits per heavy atom. The van der Waals surface area contributed by atoms with Crippen molar-refractivity contribution >= 4 is 23.2 Å². The maximum absolute atomic E-state index is 12.6. The predicted octanol–water partition coefficient (Wildman–Crippen LogP) is 2.87. The van der Waals surface area contributed by atoms with Gasteiger partial charge in [0.05, 0.1) is 11.5 Å². The lowest BCUT2D eigenvalue weighted by Gasteiger charge is -2.30. The van der Waals surface area contributed by atoms with Crippen molar-refractivity contribution in [1.82, 2.24) is 4.90 Å². The highest BCUT2D eigenvalue weighted by atomic mass is 35.5. The van der Waals surface area contributed by atoms with E-state index in [1.807, 2.05) is 13.8 Å². The third kappa shape index (κ3) is 4.15. The molecule has 21 heavy (non-hydrogen) atoms. The molecular weight excluding hydrogens is 296 g/mol. The van der Waals surface area contributed by atoms with Crippen molar-refractivity contribution in [2.75, 3.05) is 13.2 Å². The number of aliphatic hydroxyl groups excluding tert-OH is 1. The largest absolute Gasteiger partial charge is 0.395 e. The van der Waals surface area contributed by atoms with E-state index in [1.165, 1.54) is 23.1 Å². The van der Waals surface area contributed by atoms with Crippen molar-refractivity contribution in [2.24, 2.45) is 0 Å². The van der Waals surface area contributed by atoms with Crippen LogP contribution in [0.25, 0.3) is 0 Å². The van der Waals surface area contributed by atoms with Crippen LogP contribution in [0.2, 0.25) is 5.02 Å². The summed E-state index contributed by atoms with van der Waals surface area (Å²) >= 11 is 5.85. The molecule has 0 aromatic heterocycles. The molecule has 0 atom stereocenters. The number of hydrogen-bond donors (Lipinski definition) is 1. The van der Waals surface area contributed by atoms with Crippen LogP contribution in [0.4, 0.5) is 5.69 Å². The fourth-order valence-electron chi connectivity index (χ4n) is 2.28. The van der Waals surface area contributed by atoms with Gasteiger partial charge in [-0.1, -0.05) is 25.4 Å². The molecule has 1 amide bonds. The van der Waals surface area contributed by atoms with Gasteiger partial charge in [-0.25, -0.2) is 0 Å². The number of benzene rings is 1.